The summed E-state index contributed by atoms with van der Waals surface area (Å²) < 4.78 is 0. The summed E-state index contributed by atoms with van der Waals surface area (Å²) in [4.78, 5) is 40.0. The van der Waals surface area contributed by atoms with Crippen LogP contribution in [-0.2, 0) is 20.9 Å². The largest absolute Gasteiger partial charge is 0.345 e. The molecular formula is C23H33ClN4O3S. The predicted octanol–water partition coefficient (Wildman–Crippen LogP) is 3.33. The Morgan fingerprint density at radius 2 is 1.81 bits per heavy atom. The summed E-state index contributed by atoms with van der Waals surface area (Å²) in [5.41, 5.74) is 3.57. The summed E-state index contributed by atoms with van der Waals surface area (Å²) in [5, 5.41) is 7.72. The molecule has 0 aromatic heterocycles. The van der Waals surface area contributed by atoms with Crippen LogP contribution in [0.4, 0.5) is 0 Å². The minimum atomic E-state index is -0.841. The number of amidine groups is 1. The fourth-order valence-corrected chi connectivity index (χ4v) is 4.90. The van der Waals surface area contributed by atoms with E-state index in [1.165, 1.54) is 0 Å². The number of nitrogens with zero attached hydrogens (tertiary/aromatic N) is 2. The number of halogens is 1. The molecule has 1 saturated carbocycles. The van der Waals surface area contributed by atoms with Gasteiger partial charge in [-0.25, -0.2) is 5.43 Å². The van der Waals surface area contributed by atoms with Crippen molar-refractivity contribution >= 4 is 46.9 Å². The van der Waals surface area contributed by atoms with E-state index in [2.05, 4.69) is 20.7 Å². The molecule has 1 heterocycles. The summed E-state index contributed by atoms with van der Waals surface area (Å²) in [7, 11) is 0. The second-order valence-corrected chi connectivity index (χ2v) is 9.58. The van der Waals surface area contributed by atoms with Gasteiger partial charge in [-0.3, -0.25) is 14.4 Å². The fourth-order valence-electron chi connectivity index (χ4n) is 3.95. The summed E-state index contributed by atoms with van der Waals surface area (Å²) in [6.45, 7) is 5.19. The van der Waals surface area contributed by atoms with Gasteiger partial charge in [-0.1, -0.05) is 75.2 Å². The van der Waals surface area contributed by atoms with Gasteiger partial charge in [0.05, 0.1) is 6.04 Å². The zero-order valence-corrected chi connectivity index (χ0v) is 20.3. The van der Waals surface area contributed by atoms with Crippen molar-refractivity contribution in [3.8, 4) is 0 Å². The van der Waals surface area contributed by atoms with E-state index >= 15 is 0 Å². The third-order valence-electron chi connectivity index (χ3n) is 5.78. The van der Waals surface area contributed by atoms with Gasteiger partial charge in [0.1, 0.15) is 0 Å². The fraction of sp³-hybridized carbons (Fsp3) is 0.565. The number of hydrogen-bond acceptors (Lipinski definition) is 5. The van der Waals surface area contributed by atoms with Gasteiger partial charge in [-0.05, 0) is 24.3 Å². The van der Waals surface area contributed by atoms with Gasteiger partial charge in [0.25, 0.3) is 0 Å². The number of thioether (sulfide) groups is 1. The summed E-state index contributed by atoms with van der Waals surface area (Å²) >= 11 is 1.55. The first-order chi connectivity index (χ1) is 15.0. The molecule has 0 radical (unpaired) electrons. The minimum absolute atomic E-state index is 0. The Morgan fingerprint density at radius 3 is 2.47 bits per heavy atom. The Morgan fingerprint density at radius 1 is 1.12 bits per heavy atom. The van der Waals surface area contributed by atoms with Crippen LogP contribution in [0.25, 0.3) is 0 Å². The maximum Gasteiger partial charge on any atom is 0.309 e. The van der Waals surface area contributed by atoms with Crippen LogP contribution in [0, 0.1) is 11.8 Å². The standard InChI is InChI=1S/C23H32N4O3S.ClH/c1-16(2)19(24-21(29)18-11-7-4-8-12-18)20(28)22(30)25-26-23-27(13-14-31-23)15-17-9-5-3-6-10-17;/h3,5-6,9-10,16,18-19H,4,7-8,11-15H2,1-2H3,(H,24,29)(H,25,30);1H/t19-;/m0./s1. The number of amides is 2. The lowest BCUT2D eigenvalue weighted by Gasteiger charge is -2.25. The van der Waals surface area contributed by atoms with Crippen molar-refractivity contribution < 1.29 is 14.4 Å². The van der Waals surface area contributed by atoms with E-state index in [0.29, 0.717) is 11.7 Å². The highest BCUT2D eigenvalue weighted by atomic mass is 35.5. The number of carbonyl (C=O) groups is 3. The molecule has 2 N–H and O–H groups in total. The van der Waals surface area contributed by atoms with Crippen LogP contribution in [0.2, 0.25) is 0 Å². The van der Waals surface area contributed by atoms with Gasteiger partial charge in [0.15, 0.2) is 5.17 Å². The number of carbonyl (C=O) groups excluding carboxylic acids is 3. The molecule has 0 bridgehead atoms. The topological polar surface area (TPSA) is 90.9 Å². The Bertz CT molecular complexity index is 813. The van der Waals surface area contributed by atoms with Crippen molar-refractivity contribution in [2.75, 3.05) is 12.3 Å². The molecule has 1 aliphatic carbocycles. The molecule has 7 nitrogen and oxygen atoms in total. The number of rotatable bonds is 8. The number of nitrogens with one attached hydrogen (secondary N) is 2. The second kappa shape index (κ2) is 12.8. The highest BCUT2D eigenvalue weighted by Crippen LogP contribution is 2.24. The zero-order chi connectivity index (χ0) is 22.2. The van der Waals surface area contributed by atoms with E-state index in [1.54, 1.807) is 11.8 Å². The Balaban J connectivity index is 0.00000363. The normalized spacial score (nSPS) is 18.8. The Kier molecular flexibility index (Phi) is 10.5. The van der Waals surface area contributed by atoms with Crippen LogP contribution in [-0.4, -0.2) is 46.0 Å². The van der Waals surface area contributed by atoms with Crippen molar-refractivity contribution in [3.63, 3.8) is 0 Å². The van der Waals surface area contributed by atoms with Gasteiger partial charge in [0, 0.05) is 24.8 Å². The van der Waals surface area contributed by atoms with E-state index in [0.717, 1.165) is 50.0 Å². The molecule has 1 saturated heterocycles. The first kappa shape index (κ1) is 26.2. The minimum Gasteiger partial charge on any atom is -0.345 e. The number of hydrazone groups is 1. The first-order valence-electron chi connectivity index (χ1n) is 11.1. The zero-order valence-electron chi connectivity index (χ0n) is 18.7. The Hall–Kier alpha value is -2.06. The SMILES string of the molecule is CC(C)[C@H](NC(=O)C1CCCCC1)C(=O)C(=O)NN=C1SCCN1Cc1ccccc1.Cl. The summed E-state index contributed by atoms with van der Waals surface area (Å²) in [6, 6.07) is 9.20. The number of hydrogen-bond donors (Lipinski definition) is 2. The van der Waals surface area contributed by atoms with Crippen molar-refractivity contribution in [2.45, 2.75) is 58.5 Å². The molecular weight excluding hydrogens is 448 g/mol. The quantitative estimate of drug-likeness (QED) is 0.440. The van der Waals surface area contributed by atoms with Crippen molar-refractivity contribution in [1.82, 2.24) is 15.6 Å². The molecule has 2 aliphatic rings. The van der Waals surface area contributed by atoms with E-state index in [1.807, 2.05) is 44.2 Å². The van der Waals surface area contributed by atoms with Gasteiger partial charge < -0.3 is 10.2 Å². The number of benzene rings is 1. The molecule has 1 aliphatic heterocycles. The molecule has 2 amide bonds. The molecule has 2 fully saturated rings. The monoisotopic (exact) mass is 480 g/mol. The van der Waals surface area contributed by atoms with Gasteiger partial charge in [-0.2, -0.15) is 0 Å². The maximum atomic E-state index is 12.8. The van der Waals surface area contributed by atoms with Crippen LogP contribution in [0.3, 0.4) is 0 Å². The molecule has 32 heavy (non-hydrogen) atoms. The highest BCUT2D eigenvalue weighted by molar-refractivity contribution is 8.14. The molecule has 9 heteroatoms. The highest BCUT2D eigenvalue weighted by Gasteiger charge is 2.32. The van der Waals surface area contributed by atoms with Crippen molar-refractivity contribution in [2.24, 2.45) is 16.9 Å². The average Bonchev–Trinajstić information content (AvgIpc) is 3.23. The molecule has 0 unspecified atom stereocenters. The third-order valence-corrected chi connectivity index (χ3v) is 6.77. The van der Waals surface area contributed by atoms with Crippen LogP contribution in [0.15, 0.2) is 35.4 Å². The smallest absolute Gasteiger partial charge is 0.309 e. The number of ketones is 1. The summed E-state index contributed by atoms with van der Waals surface area (Å²) in [5.74, 6) is -0.933. The van der Waals surface area contributed by atoms with E-state index in [4.69, 9.17) is 0 Å². The van der Waals surface area contributed by atoms with Crippen LogP contribution >= 0.6 is 24.2 Å². The van der Waals surface area contributed by atoms with E-state index < -0.39 is 17.7 Å². The predicted molar refractivity (Wildman–Crippen MR) is 130 cm³/mol. The molecule has 3 rings (SSSR count). The van der Waals surface area contributed by atoms with Gasteiger partial charge in [0.2, 0.25) is 11.7 Å². The molecule has 1 aromatic carbocycles. The Labute approximate surface area is 200 Å². The molecule has 1 atom stereocenters. The first-order valence-corrected chi connectivity index (χ1v) is 12.1. The van der Waals surface area contributed by atoms with Crippen LogP contribution in [0.1, 0.15) is 51.5 Å². The average molecular weight is 481 g/mol. The van der Waals surface area contributed by atoms with Gasteiger partial charge in [-0.15, -0.1) is 17.5 Å². The van der Waals surface area contributed by atoms with Crippen LogP contribution in [0.5, 0.6) is 0 Å². The second-order valence-electron chi connectivity index (χ2n) is 8.52. The number of Topliss-reactive ketones (excluding diaryl/α,β-unsaturated/α-hetero) is 1. The van der Waals surface area contributed by atoms with Crippen LogP contribution < -0.4 is 10.7 Å². The molecule has 1 aromatic rings. The lowest BCUT2D eigenvalue weighted by molar-refractivity contribution is -0.141. The summed E-state index contributed by atoms with van der Waals surface area (Å²) in [6.07, 6.45) is 4.91. The van der Waals surface area contributed by atoms with Gasteiger partial charge >= 0.3 is 5.91 Å². The van der Waals surface area contributed by atoms with E-state index in [9.17, 15) is 14.4 Å². The third kappa shape index (κ3) is 7.24. The van der Waals surface area contributed by atoms with Crippen molar-refractivity contribution in [1.29, 1.82) is 0 Å². The lowest BCUT2D eigenvalue weighted by atomic mass is 9.88. The lowest BCUT2D eigenvalue weighted by Crippen LogP contribution is -2.51. The maximum absolute atomic E-state index is 12.8. The molecule has 176 valence electrons. The van der Waals surface area contributed by atoms with E-state index in [-0.39, 0.29) is 30.2 Å². The molecule has 0 spiro atoms. The van der Waals surface area contributed by atoms with Crippen molar-refractivity contribution in [3.05, 3.63) is 35.9 Å².